The summed E-state index contributed by atoms with van der Waals surface area (Å²) in [4.78, 5) is 0. The lowest BCUT2D eigenvalue weighted by Crippen LogP contribution is -2.40. The second-order valence-electron chi connectivity index (χ2n) is 9.75. The van der Waals surface area contributed by atoms with Crippen LogP contribution in [0.3, 0.4) is 0 Å². The highest BCUT2D eigenvalue weighted by atomic mass is 16.6. The molecule has 2 aliphatic heterocycles. The molecule has 3 aliphatic rings. The van der Waals surface area contributed by atoms with E-state index in [1.807, 2.05) is 0 Å². The molecule has 2 saturated heterocycles. The summed E-state index contributed by atoms with van der Waals surface area (Å²) in [6, 6.07) is 0. The maximum Gasteiger partial charge on any atom is 0.0920 e. The van der Waals surface area contributed by atoms with Crippen LogP contribution in [0.1, 0.15) is 74.1 Å². The molecular formula is C20H36O3. The molecule has 0 amide bonds. The molecule has 0 aromatic carbocycles. The third kappa shape index (κ3) is 3.77. The average molecular weight is 325 g/mol. The number of hydrogen-bond acceptors (Lipinski definition) is 3. The first-order valence-corrected chi connectivity index (χ1v) is 9.53. The average Bonchev–Trinajstić information content (AvgIpc) is 3.27. The van der Waals surface area contributed by atoms with Crippen molar-refractivity contribution < 1.29 is 14.2 Å². The maximum atomic E-state index is 6.48. The van der Waals surface area contributed by atoms with E-state index in [1.165, 1.54) is 12.8 Å². The van der Waals surface area contributed by atoms with Gasteiger partial charge in [-0.25, -0.2) is 0 Å². The van der Waals surface area contributed by atoms with Crippen LogP contribution in [0.5, 0.6) is 0 Å². The van der Waals surface area contributed by atoms with Gasteiger partial charge >= 0.3 is 0 Å². The summed E-state index contributed by atoms with van der Waals surface area (Å²) in [5.74, 6) is 1.82. The molecule has 0 radical (unpaired) electrons. The molecule has 0 aromatic heterocycles. The van der Waals surface area contributed by atoms with Crippen molar-refractivity contribution in [3.8, 4) is 0 Å². The van der Waals surface area contributed by atoms with Crippen molar-refractivity contribution in [3.63, 3.8) is 0 Å². The van der Waals surface area contributed by atoms with Gasteiger partial charge in [0.05, 0.1) is 35.6 Å². The SMILES string of the molecule is CC(C)C(COC(C)(C)C1CCC2(C)OC2C1)CC1OC1(C)C. The fourth-order valence-corrected chi connectivity index (χ4v) is 4.19. The van der Waals surface area contributed by atoms with Gasteiger partial charge in [0.1, 0.15) is 0 Å². The summed E-state index contributed by atoms with van der Waals surface area (Å²) in [5.41, 5.74) is 0.224. The molecular weight excluding hydrogens is 288 g/mol. The van der Waals surface area contributed by atoms with Crippen LogP contribution < -0.4 is 0 Å². The van der Waals surface area contributed by atoms with Crippen molar-refractivity contribution in [3.05, 3.63) is 0 Å². The van der Waals surface area contributed by atoms with Crippen molar-refractivity contribution in [2.45, 2.75) is 103 Å². The van der Waals surface area contributed by atoms with Gasteiger partial charge in [-0.1, -0.05) is 13.8 Å². The van der Waals surface area contributed by atoms with Gasteiger partial charge in [0.15, 0.2) is 0 Å². The van der Waals surface area contributed by atoms with Crippen molar-refractivity contribution in [1.82, 2.24) is 0 Å². The van der Waals surface area contributed by atoms with Gasteiger partial charge in [-0.05, 0) is 78.1 Å². The van der Waals surface area contributed by atoms with Gasteiger partial charge < -0.3 is 14.2 Å². The first-order chi connectivity index (χ1) is 10.5. The van der Waals surface area contributed by atoms with Crippen LogP contribution in [0, 0.1) is 17.8 Å². The Kier molecular flexibility index (Phi) is 4.39. The molecule has 5 atom stereocenters. The Morgan fingerprint density at radius 2 is 1.83 bits per heavy atom. The Morgan fingerprint density at radius 3 is 2.35 bits per heavy atom. The number of rotatable bonds is 7. The second-order valence-corrected chi connectivity index (χ2v) is 9.75. The highest BCUT2D eigenvalue weighted by Crippen LogP contribution is 2.52. The second kappa shape index (κ2) is 5.71. The maximum absolute atomic E-state index is 6.48. The summed E-state index contributed by atoms with van der Waals surface area (Å²) in [6.45, 7) is 16.6. The molecule has 134 valence electrons. The summed E-state index contributed by atoms with van der Waals surface area (Å²) in [6.07, 6.45) is 5.59. The largest absolute Gasteiger partial charge is 0.375 e. The summed E-state index contributed by atoms with van der Waals surface area (Å²) in [7, 11) is 0. The smallest absolute Gasteiger partial charge is 0.0920 e. The topological polar surface area (TPSA) is 34.3 Å². The first kappa shape index (κ1) is 17.7. The Hall–Kier alpha value is -0.120. The van der Waals surface area contributed by atoms with Gasteiger partial charge in [-0.15, -0.1) is 0 Å². The normalized spacial score (nSPS) is 39.9. The number of hydrogen-bond donors (Lipinski definition) is 0. The van der Waals surface area contributed by atoms with E-state index in [-0.39, 0.29) is 16.8 Å². The third-order valence-electron chi connectivity index (χ3n) is 6.80. The zero-order chi connectivity index (χ0) is 17.0. The standard InChI is InChI=1S/C20H36O3/c1-13(2)14(10-16-19(5,6)22-16)12-21-18(3,4)15-8-9-20(7)17(11-15)23-20/h13-17H,8-12H2,1-7H3. The van der Waals surface area contributed by atoms with Crippen LogP contribution in [-0.2, 0) is 14.2 Å². The van der Waals surface area contributed by atoms with Gasteiger partial charge in [-0.2, -0.15) is 0 Å². The third-order valence-corrected chi connectivity index (χ3v) is 6.80. The summed E-state index contributed by atoms with van der Waals surface area (Å²) in [5, 5.41) is 0. The lowest BCUT2D eigenvalue weighted by Gasteiger charge is -2.38. The number of epoxide rings is 2. The molecule has 3 rings (SSSR count). The van der Waals surface area contributed by atoms with Crippen LogP contribution in [-0.4, -0.2) is 35.6 Å². The van der Waals surface area contributed by atoms with Crippen molar-refractivity contribution >= 4 is 0 Å². The van der Waals surface area contributed by atoms with Crippen LogP contribution in [0.15, 0.2) is 0 Å². The highest BCUT2D eigenvalue weighted by molar-refractivity contribution is 5.06. The molecule has 0 spiro atoms. The van der Waals surface area contributed by atoms with E-state index in [4.69, 9.17) is 14.2 Å². The van der Waals surface area contributed by atoms with E-state index in [1.54, 1.807) is 0 Å². The quantitative estimate of drug-likeness (QED) is 0.643. The molecule has 1 aliphatic carbocycles. The number of ether oxygens (including phenoxy) is 3. The number of fused-ring (bicyclic) bond motifs is 1. The Bertz CT molecular complexity index is 442. The summed E-state index contributed by atoms with van der Waals surface area (Å²) >= 11 is 0. The van der Waals surface area contributed by atoms with E-state index in [0.29, 0.717) is 30.0 Å². The Balaban J connectivity index is 1.50. The van der Waals surface area contributed by atoms with E-state index in [0.717, 1.165) is 19.4 Å². The minimum atomic E-state index is -0.0552. The zero-order valence-electron chi connectivity index (χ0n) is 16.1. The van der Waals surface area contributed by atoms with Crippen molar-refractivity contribution in [1.29, 1.82) is 0 Å². The monoisotopic (exact) mass is 324 g/mol. The molecule has 1 saturated carbocycles. The molecule has 3 heteroatoms. The molecule has 0 aromatic rings. The van der Waals surface area contributed by atoms with Gasteiger partial charge in [0.25, 0.3) is 0 Å². The lowest BCUT2D eigenvalue weighted by atomic mass is 9.75. The van der Waals surface area contributed by atoms with Crippen molar-refractivity contribution in [2.75, 3.05) is 6.61 Å². The van der Waals surface area contributed by atoms with Gasteiger partial charge in [0, 0.05) is 0 Å². The van der Waals surface area contributed by atoms with E-state index >= 15 is 0 Å². The molecule has 5 unspecified atom stereocenters. The predicted molar refractivity (Wildman–Crippen MR) is 92.5 cm³/mol. The lowest BCUT2D eigenvalue weighted by molar-refractivity contribution is -0.0884. The van der Waals surface area contributed by atoms with Crippen LogP contribution in [0.25, 0.3) is 0 Å². The molecule has 3 nitrogen and oxygen atoms in total. The molecule has 2 heterocycles. The molecule has 3 fully saturated rings. The van der Waals surface area contributed by atoms with E-state index in [2.05, 4.69) is 48.5 Å². The fraction of sp³-hybridized carbons (Fsp3) is 1.00. The van der Waals surface area contributed by atoms with Gasteiger partial charge in [0.2, 0.25) is 0 Å². The van der Waals surface area contributed by atoms with E-state index < -0.39 is 0 Å². The van der Waals surface area contributed by atoms with Crippen LogP contribution >= 0.6 is 0 Å². The van der Waals surface area contributed by atoms with Crippen molar-refractivity contribution in [2.24, 2.45) is 17.8 Å². The van der Waals surface area contributed by atoms with E-state index in [9.17, 15) is 0 Å². The fourth-order valence-electron chi connectivity index (χ4n) is 4.19. The molecule has 0 N–H and O–H groups in total. The Morgan fingerprint density at radius 1 is 1.17 bits per heavy atom. The predicted octanol–water partition coefficient (Wildman–Crippen LogP) is 4.58. The minimum absolute atomic E-state index is 0.0552. The Labute approximate surface area is 142 Å². The van der Waals surface area contributed by atoms with Crippen LogP contribution in [0.2, 0.25) is 0 Å². The minimum Gasteiger partial charge on any atom is -0.375 e. The molecule has 0 bridgehead atoms. The first-order valence-electron chi connectivity index (χ1n) is 9.53. The zero-order valence-corrected chi connectivity index (χ0v) is 16.1. The molecule has 23 heavy (non-hydrogen) atoms. The summed E-state index contributed by atoms with van der Waals surface area (Å²) < 4.78 is 18.1. The highest BCUT2D eigenvalue weighted by Gasteiger charge is 2.57. The van der Waals surface area contributed by atoms with Gasteiger partial charge in [-0.3, -0.25) is 0 Å². The van der Waals surface area contributed by atoms with Crippen LogP contribution in [0.4, 0.5) is 0 Å².